The molecule has 1 aliphatic rings. The van der Waals surface area contributed by atoms with Gasteiger partial charge in [-0.3, -0.25) is 9.69 Å². The third-order valence-electron chi connectivity index (χ3n) is 4.19. The van der Waals surface area contributed by atoms with Gasteiger partial charge in [-0.05, 0) is 52.3 Å². The second-order valence-corrected chi connectivity index (χ2v) is 7.63. The molecule has 2 heterocycles. The minimum Gasteiger partial charge on any atom is -0.428 e. The highest BCUT2D eigenvalue weighted by molar-refractivity contribution is 14.1. The Bertz CT molecular complexity index is 790. The first-order valence-electron chi connectivity index (χ1n) is 8.11. The second kappa shape index (κ2) is 9.24. The van der Waals surface area contributed by atoms with Gasteiger partial charge in [0, 0.05) is 32.2 Å². The summed E-state index contributed by atoms with van der Waals surface area (Å²) >= 11 is 3.91. The molecule has 1 unspecified atom stereocenters. The molecule has 138 valence electrons. The van der Waals surface area contributed by atoms with E-state index in [1.165, 1.54) is 17.5 Å². The quantitative estimate of drug-likeness (QED) is 0.402. The summed E-state index contributed by atoms with van der Waals surface area (Å²) < 4.78 is 5.94. The van der Waals surface area contributed by atoms with Gasteiger partial charge in [0.05, 0.1) is 6.10 Å². The Balaban J connectivity index is 1.49. The average molecular weight is 580 g/mol. The largest absolute Gasteiger partial charge is 0.428 e. The van der Waals surface area contributed by atoms with Crippen LogP contribution < -0.4 is 8.38 Å². The number of hydrogen-bond donors (Lipinski definition) is 2. The van der Waals surface area contributed by atoms with E-state index in [0.717, 1.165) is 25.3 Å². The lowest BCUT2D eigenvalue weighted by Gasteiger charge is -2.30. The molecule has 0 saturated heterocycles. The van der Waals surface area contributed by atoms with Crippen LogP contribution in [0.2, 0.25) is 0 Å². The van der Waals surface area contributed by atoms with Crippen molar-refractivity contribution < 1.29 is 13.0 Å². The lowest BCUT2D eigenvalue weighted by molar-refractivity contribution is 0.0838. The number of fused-ring (bicyclic) bond motifs is 1. The van der Waals surface area contributed by atoms with Crippen molar-refractivity contribution in [1.82, 2.24) is 20.2 Å². The SMILES string of the molecule is O=C(NCC(O)CN1CCc2cc(OI)ccc2C1)c1cc(I)ncn1. The zero-order valence-corrected chi connectivity index (χ0v) is 18.2. The van der Waals surface area contributed by atoms with Crippen LogP contribution in [0.4, 0.5) is 0 Å². The van der Waals surface area contributed by atoms with Crippen molar-refractivity contribution in [3.05, 3.63) is 51.1 Å². The fourth-order valence-corrected chi connectivity index (χ4v) is 3.61. The first-order chi connectivity index (χ1) is 12.5. The molecule has 0 fully saturated rings. The number of carbonyl (C=O) groups excluding carboxylic acids is 1. The number of carbonyl (C=O) groups is 1. The normalized spacial score (nSPS) is 15.2. The van der Waals surface area contributed by atoms with Crippen molar-refractivity contribution in [2.24, 2.45) is 0 Å². The van der Waals surface area contributed by atoms with Gasteiger partial charge in [-0.15, -0.1) is 0 Å². The van der Waals surface area contributed by atoms with Gasteiger partial charge < -0.3 is 13.5 Å². The van der Waals surface area contributed by atoms with Crippen LogP contribution in [0, 0.1) is 3.70 Å². The molecule has 0 spiro atoms. The van der Waals surface area contributed by atoms with E-state index in [4.69, 9.17) is 3.07 Å². The Labute approximate surface area is 179 Å². The summed E-state index contributed by atoms with van der Waals surface area (Å²) in [6, 6.07) is 7.70. The summed E-state index contributed by atoms with van der Waals surface area (Å²) in [5.41, 5.74) is 2.84. The molecule has 1 aliphatic heterocycles. The molecular formula is C17H18I2N4O3. The molecule has 26 heavy (non-hydrogen) atoms. The molecule has 2 N–H and O–H groups in total. The van der Waals surface area contributed by atoms with Crippen LogP contribution in [0.25, 0.3) is 0 Å². The van der Waals surface area contributed by atoms with Crippen LogP contribution in [0.15, 0.2) is 30.6 Å². The van der Waals surface area contributed by atoms with Gasteiger partial charge in [0.2, 0.25) is 0 Å². The van der Waals surface area contributed by atoms with E-state index in [2.05, 4.69) is 32.3 Å². The third-order valence-corrected chi connectivity index (χ3v) is 5.29. The van der Waals surface area contributed by atoms with Crippen LogP contribution >= 0.6 is 45.6 Å². The number of rotatable bonds is 6. The molecule has 0 bridgehead atoms. The zero-order valence-electron chi connectivity index (χ0n) is 13.9. The number of benzene rings is 1. The molecule has 3 rings (SSSR count). The number of hydrogen-bond acceptors (Lipinski definition) is 6. The minimum atomic E-state index is -0.640. The van der Waals surface area contributed by atoms with Gasteiger partial charge in [0.25, 0.3) is 5.91 Å². The number of aromatic nitrogens is 2. The highest BCUT2D eigenvalue weighted by Crippen LogP contribution is 2.24. The van der Waals surface area contributed by atoms with E-state index in [0.29, 0.717) is 15.9 Å². The molecule has 0 saturated carbocycles. The molecule has 1 aromatic heterocycles. The third kappa shape index (κ3) is 5.24. The molecular weight excluding hydrogens is 562 g/mol. The maximum absolute atomic E-state index is 12.1. The standard InChI is InChI=1S/C17H18I2N4O3/c18-16-6-15(21-10-22-16)17(25)20-7-13(24)9-23-4-3-11-5-14(26-19)2-1-12(11)8-23/h1-2,5-6,10,13,24H,3-4,7-9H2,(H,20,25). The van der Waals surface area contributed by atoms with Gasteiger partial charge in [0.15, 0.2) is 23.0 Å². The van der Waals surface area contributed by atoms with Gasteiger partial charge in [0.1, 0.15) is 21.5 Å². The summed E-state index contributed by atoms with van der Waals surface area (Å²) in [5, 5.41) is 13.0. The number of amides is 1. The number of nitrogens with one attached hydrogen (secondary N) is 1. The smallest absolute Gasteiger partial charge is 0.270 e. The highest BCUT2D eigenvalue weighted by Gasteiger charge is 2.20. The van der Waals surface area contributed by atoms with Crippen LogP contribution in [0.1, 0.15) is 21.6 Å². The van der Waals surface area contributed by atoms with Gasteiger partial charge >= 0.3 is 0 Å². The first kappa shape index (κ1) is 19.7. The average Bonchev–Trinajstić information content (AvgIpc) is 2.65. The van der Waals surface area contributed by atoms with Crippen LogP contribution in [-0.2, 0) is 13.0 Å². The van der Waals surface area contributed by atoms with Crippen molar-refractivity contribution in [2.45, 2.75) is 19.1 Å². The maximum atomic E-state index is 12.1. The maximum Gasteiger partial charge on any atom is 0.270 e. The topological polar surface area (TPSA) is 87.6 Å². The van der Waals surface area contributed by atoms with E-state index in [1.807, 2.05) is 51.7 Å². The lowest BCUT2D eigenvalue weighted by Crippen LogP contribution is -2.42. The van der Waals surface area contributed by atoms with Crippen molar-refractivity contribution in [2.75, 3.05) is 19.6 Å². The fraction of sp³-hybridized carbons (Fsp3) is 0.353. The molecule has 1 amide bonds. The Kier molecular flexibility index (Phi) is 7.00. The number of nitrogens with zero attached hydrogens (tertiary/aromatic N) is 3. The van der Waals surface area contributed by atoms with Crippen molar-refractivity contribution >= 4 is 51.5 Å². The predicted octanol–water partition coefficient (Wildman–Crippen LogP) is 1.96. The predicted molar refractivity (Wildman–Crippen MR) is 113 cm³/mol. The monoisotopic (exact) mass is 580 g/mol. The van der Waals surface area contributed by atoms with E-state index in [9.17, 15) is 9.90 Å². The molecule has 2 aromatic rings. The number of aliphatic hydroxyl groups excluding tert-OH is 1. The minimum absolute atomic E-state index is 0.185. The van der Waals surface area contributed by atoms with E-state index < -0.39 is 6.10 Å². The van der Waals surface area contributed by atoms with Crippen LogP contribution in [0.3, 0.4) is 0 Å². The molecule has 0 aliphatic carbocycles. The summed E-state index contributed by atoms with van der Waals surface area (Å²) in [5.74, 6) is 0.555. The first-order valence-corrected chi connectivity index (χ1v) is 10.1. The number of halogens is 2. The number of aliphatic hydroxyl groups is 1. The van der Waals surface area contributed by atoms with Crippen LogP contribution in [0.5, 0.6) is 5.75 Å². The molecule has 1 aromatic carbocycles. The van der Waals surface area contributed by atoms with Crippen LogP contribution in [-0.4, -0.2) is 51.6 Å². The molecule has 0 radical (unpaired) electrons. The van der Waals surface area contributed by atoms with Crippen molar-refractivity contribution in [3.63, 3.8) is 0 Å². The summed E-state index contributed by atoms with van der Waals surface area (Å²) in [4.78, 5) is 22.2. The van der Waals surface area contributed by atoms with Crippen molar-refractivity contribution in [1.29, 1.82) is 0 Å². The molecule has 1 atom stereocenters. The highest BCUT2D eigenvalue weighted by atomic mass is 127. The Hall–Kier alpha value is -1.05. The van der Waals surface area contributed by atoms with E-state index in [1.54, 1.807) is 6.07 Å². The molecule has 7 nitrogen and oxygen atoms in total. The van der Waals surface area contributed by atoms with Crippen molar-refractivity contribution in [3.8, 4) is 5.75 Å². The van der Waals surface area contributed by atoms with Gasteiger partial charge in [-0.25, -0.2) is 9.97 Å². The fourth-order valence-electron chi connectivity index (χ4n) is 2.91. The van der Waals surface area contributed by atoms with Gasteiger partial charge in [-0.2, -0.15) is 0 Å². The van der Waals surface area contributed by atoms with Gasteiger partial charge in [-0.1, -0.05) is 6.07 Å². The summed E-state index contributed by atoms with van der Waals surface area (Å²) in [6.07, 6.45) is 1.63. The summed E-state index contributed by atoms with van der Waals surface area (Å²) in [6.45, 7) is 2.34. The van der Waals surface area contributed by atoms with E-state index in [-0.39, 0.29) is 12.5 Å². The Morgan fingerprint density at radius 2 is 2.19 bits per heavy atom. The zero-order chi connectivity index (χ0) is 18.5. The second-order valence-electron chi connectivity index (χ2n) is 6.08. The van der Waals surface area contributed by atoms with E-state index >= 15 is 0 Å². The Morgan fingerprint density at radius 3 is 2.96 bits per heavy atom. The molecule has 9 heteroatoms. The Morgan fingerprint density at radius 1 is 1.35 bits per heavy atom. The lowest BCUT2D eigenvalue weighted by atomic mass is 9.99. The number of β-amino-alcohol motifs (C(OH)–C–C–N with tert-alkyl or cyclic N) is 1. The summed E-state index contributed by atoms with van der Waals surface area (Å²) in [7, 11) is 0.